The Labute approximate surface area is 121 Å². The standard InChI is InChI=1S/C15H16FNO4/c1-8-9(2)15(20)17(14(8)19)7-12(18)11-6-10(16)4-5-13(11)21-3/h4-6,8-9H,7H2,1-3H3. The summed E-state index contributed by atoms with van der Waals surface area (Å²) in [4.78, 5) is 37.1. The Kier molecular flexibility index (Phi) is 4.06. The van der Waals surface area contributed by atoms with Gasteiger partial charge >= 0.3 is 0 Å². The number of benzene rings is 1. The predicted octanol–water partition coefficient (Wildman–Crippen LogP) is 1.66. The zero-order chi connectivity index (χ0) is 15.7. The lowest BCUT2D eigenvalue weighted by molar-refractivity contribution is -0.139. The largest absolute Gasteiger partial charge is 0.496 e. The van der Waals surface area contributed by atoms with Crippen LogP contribution in [0.25, 0.3) is 0 Å². The lowest BCUT2D eigenvalue weighted by atomic mass is 10.00. The van der Waals surface area contributed by atoms with E-state index in [1.807, 2.05) is 0 Å². The Balaban J connectivity index is 2.25. The molecule has 1 aromatic rings. The number of hydrogen-bond acceptors (Lipinski definition) is 4. The van der Waals surface area contributed by atoms with E-state index >= 15 is 0 Å². The summed E-state index contributed by atoms with van der Waals surface area (Å²) in [5.74, 6) is -2.55. The molecule has 0 bridgehead atoms. The van der Waals surface area contributed by atoms with E-state index in [0.717, 1.165) is 11.0 Å². The minimum atomic E-state index is -0.583. The van der Waals surface area contributed by atoms with Crippen LogP contribution in [0.3, 0.4) is 0 Å². The molecule has 0 saturated carbocycles. The van der Waals surface area contributed by atoms with Gasteiger partial charge in [-0.1, -0.05) is 13.8 Å². The number of imide groups is 1. The van der Waals surface area contributed by atoms with Gasteiger partial charge in [-0.05, 0) is 18.2 Å². The number of halogens is 1. The lowest BCUT2D eigenvalue weighted by Gasteiger charge is -2.15. The first-order valence-electron chi connectivity index (χ1n) is 6.58. The van der Waals surface area contributed by atoms with Crippen molar-refractivity contribution in [3.05, 3.63) is 29.6 Å². The number of carbonyl (C=O) groups excluding carboxylic acids is 3. The van der Waals surface area contributed by atoms with E-state index in [-0.39, 0.29) is 23.1 Å². The highest BCUT2D eigenvalue weighted by Gasteiger charge is 2.43. The van der Waals surface area contributed by atoms with Crippen LogP contribution in [0.5, 0.6) is 5.75 Å². The van der Waals surface area contributed by atoms with E-state index in [0.29, 0.717) is 0 Å². The van der Waals surface area contributed by atoms with Crippen molar-refractivity contribution in [2.75, 3.05) is 13.7 Å². The maximum Gasteiger partial charge on any atom is 0.233 e. The Morgan fingerprint density at radius 2 is 1.81 bits per heavy atom. The number of hydrogen-bond donors (Lipinski definition) is 0. The van der Waals surface area contributed by atoms with Gasteiger partial charge < -0.3 is 4.74 Å². The average Bonchev–Trinajstić information content (AvgIpc) is 2.65. The molecule has 2 atom stereocenters. The molecule has 112 valence electrons. The number of carbonyl (C=O) groups is 3. The fourth-order valence-corrected chi connectivity index (χ4v) is 2.31. The third-order valence-electron chi connectivity index (χ3n) is 3.82. The van der Waals surface area contributed by atoms with Crippen LogP contribution in [0.1, 0.15) is 24.2 Å². The highest BCUT2D eigenvalue weighted by molar-refractivity contribution is 6.10. The number of amides is 2. The van der Waals surface area contributed by atoms with E-state index in [1.165, 1.54) is 19.2 Å². The van der Waals surface area contributed by atoms with Crippen LogP contribution in [-0.2, 0) is 9.59 Å². The molecule has 1 heterocycles. The van der Waals surface area contributed by atoms with Gasteiger partial charge in [-0.25, -0.2) is 4.39 Å². The first-order chi connectivity index (χ1) is 9.86. The van der Waals surface area contributed by atoms with Crippen LogP contribution < -0.4 is 4.74 Å². The van der Waals surface area contributed by atoms with Crippen molar-refractivity contribution >= 4 is 17.6 Å². The minimum Gasteiger partial charge on any atom is -0.496 e. The van der Waals surface area contributed by atoms with Crippen molar-refractivity contribution in [1.82, 2.24) is 4.90 Å². The number of likely N-dealkylation sites (tertiary alicyclic amines) is 1. The van der Waals surface area contributed by atoms with Gasteiger partial charge in [-0.3, -0.25) is 19.3 Å². The molecule has 0 aliphatic carbocycles. The molecule has 0 spiro atoms. The molecule has 1 aromatic carbocycles. The highest BCUT2D eigenvalue weighted by atomic mass is 19.1. The normalized spacial score (nSPS) is 21.8. The number of methoxy groups -OCH3 is 1. The second-order valence-corrected chi connectivity index (χ2v) is 5.11. The van der Waals surface area contributed by atoms with E-state index < -0.39 is 30.0 Å². The molecule has 21 heavy (non-hydrogen) atoms. The predicted molar refractivity (Wildman–Crippen MR) is 72.3 cm³/mol. The maximum absolute atomic E-state index is 13.3. The summed E-state index contributed by atoms with van der Waals surface area (Å²) in [7, 11) is 1.36. The van der Waals surface area contributed by atoms with Crippen LogP contribution in [-0.4, -0.2) is 36.2 Å². The first kappa shape index (κ1) is 15.2. The summed E-state index contributed by atoms with van der Waals surface area (Å²) in [5, 5.41) is 0. The molecular weight excluding hydrogens is 277 g/mol. The molecule has 2 rings (SSSR count). The summed E-state index contributed by atoms with van der Waals surface area (Å²) in [5.41, 5.74) is 0.0188. The zero-order valence-corrected chi connectivity index (χ0v) is 12.1. The van der Waals surface area contributed by atoms with Crippen molar-refractivity contribution in [3.8, 4) is 5.75 Å². The molecule has 6 heteroatoms. The van der Waals surface area contributed by atoms with E-state index in [9.17, 15) is 18.8 Å². The van der Waals surface area contributed by atoms with Crippen LogP contribution in [0.2, 0.25) is 0 Å². The third-order valence-corrected chi connectivity index (χ3v) is 3.82. The third kappa shape index (κ3) is 2.66. The quantitative estimate of drug-likeness (QED) is 0.625. The summed E-state index contributed by atoms with van der Waals surface area (Å²) >= 11 is 0. The van der Waals surface area contributed by atoms with E-state index in [4.69, 9.17) is 4.74 Å². The topological polar surface area (TPSA) is 63.7 Å². The summed E-state index contributed by atoms with van der Waals surface area (Å²) in [6.07, 6.45) is 0. The second-order valence-electron chi connectivity index (χ2n) is 5.11. The van der Waals surface area contributed by atoms with Crippen LogP contribution in [0, 0.1) is 17.7 Å². The minimum absolute atomic E-state index is 0.0188. The second kappa shape index (κ2) is 5.63. The molecule has 1 aliphatic rings. The van der Waals surface area contributed by atoms with Gasteiger partial charge in [0, 0.05) is 11.8 Å². The summed E-state index contributed by atoms with van der Waals surface area (Å²) in [6.45, 7) is 2.91. The number of Topliss-reactive ketones (excluding diaryl/α,β-unsaturated/α-hetero) is 1. The Bertz CT molecular complexity index is 594. The van der Waals surface area contributed by atoms with E-state index in [2.05, 4.69) is 0 Å². The smallest absolute Gasteiger partial charge is 0.233 e. The number of nitrogens with zero attached hydrogens (tertiary/aromatic N) is 1. The molecule has 2 unspecified atom stereocenters. The van der Waals surface area contributed by atoms with E-state index in [1.54, 1.807) is 13.8 Å². The van der Waals surface area contributed by atoms with Crippen LogP contribution in [0.15, 0.2) is 18.2 Å². The molecule has 1 aliphatic heterocycles. The molecule has 1 fully saturated rings. The Hall–Kier alpha value is -2.24. The molecule has 1 saturated heterocycles. The monoisotopic (exact) mass is 293 g/mol. The number of rotatable bonds is 4. The van der Waals surface area contributed by atoms with Crippen LogP contribution >= 0.6 is 0 Å². The van der Waals surface area contributed by atoms with Crippen molar-refractivity contribution in [3.63, 3.8) is 0 Å². The fraction of sp³-hybridized carbons (Fsp3) is 0.400. The molecule has 5 nitrogen and oxygen atoms in total. The molecule has 0 N–H and O–H groups in total. The lowest BCUT2D eigenvalue weighted by Crippen LogP contribution is -2.36. The van der Waals surface area contributed by atoms with Gasteiger partial charge in [-0.2, -0.15) is 0 Å². The number of ether oxygens (including phenoxy) is 1. The van der Waals surface area contributed by atoms with Gasteiger partial charge in [0.15, 0.2) is 5.78 Å². The number of ketones is 1. The maximum atomic E-state index is 13.3. The van der Waals surface area contributed by atoms with Crippen molar-refractivity contribution < 1.29 is 23.5 Å². The molecule has 2 amide bonds. The van der Waals surface area contributed by atoms with Gasteiger partial charge in [0.25, 0.3) is 0 Å². The Morgan fingerprint density at radius 1 is 1.24 bits per heavy atom. The van der Waals surface area contributed by atoms with Crippen molar-refractivity contribution in [2.45, 2.75) is 13.8 Å². The van der Waals surface area contributed by atoms with Crippen molar-refractivity contribution in [1.29, 1.82) is 0 Å². The molecule has 0 radical (unpaired) electrons. The molecular formula is C15H16FNO4. The summed E-state index contributed by atoms with van der Waals surface area (Å²) in [6, 6.07) is 3.55. The van der Waals surface area contributed by atoms with Crippen LogP contribution in [0.4, 0.5) is 4.39 Å². The van der Waals surface area contributed by atoms with Crippen molar-refractivity contribution in [2.24, 2.45) is 11.8 Å². The Morgan fingerprint density at radius 3 is 2.33 bits per heavy atom. The SMILES string of the molecule is COc1ccc(F)cc1C(=O)CN1C(=O)C(C)C(C)C1=O. The van der Waals surface area contributed by atoms with Gasteiger partial charge in [0.1, 0.15) is 11.6 Å². The summed E-state index contributed by atoms with van der Waals surface area (Å²) < 4.78 is 18.3. The fourth-order valence-electron chi connectivity index (χ4n) is 2.31. The molecule has 0 aromatic heterocycles. The van der Waals surface area contributed by atoms with Gasteiger partial charge in [0.05, 0.1) is 19.2 Å². The highest BCUT2D eigenvalue weighted by Crippen LogP contribution is 2.26. The van der Waals surface area contributed by atoms with Gasteiger partial charge in [0.2, 0.25) is 11.8 Å². The first-order valence-corrected chi connectivity index (χ1v) is 6.58. The zero-order valence-electron chi connectivity index (χ0n) is 12.1. The van der Waals surface area contributed by atoms with Gasteiger partial charge in [-0.15, -0.1) is 0 Å². The average molecular weight is 293 g/mol.